The van der Waals surface area contributed by atoms with Gasteiger partial charge in [-0.2, -0.15) is 0 Å². The summed E-state index contributed by atoms with van der Waals surface area (Å²) in [6.07, 6.45) is 9.85. The molecule has 3 aliphatic heterocycles. The van der Waals surface area contributed by atoms with Gasteiger partial charge in [-0.05, 0) is 30.4 Å². The van der Waals surface area contributed by atoms with E-state index < -0.39 is 5.41 Å². The molecule has 4 aliphatic rings. The van der Waals surface area contributed by atoms with Gasteiger partial charge < -0.3 is 30.9 Å². The van der Waals surface area contributed by atoms with Gasteiger partial charge >= 0.3 is 5.97 Å². The lowest BCUT2D eigenvalue weighted by Crippen LogP contribution is -3.00. The van der Waals surface area contributed by atoms with E-state index in [1.54, 1.807) is 0 Å². The van der Waals surface area contributed by atoms with Gasteiger partial charge in [0.05, 0.1) is 31.7 Å². The van der Waals surface area contributed by atoms with Crippen LogP contribution in [0.1, 0.15) is 62.5 Å². The number of nitrogens with zero attached hydrogens (tertiary/aromatic N) is 1. The first kappa shape index (κ1) is 27.3. The van der Waals surface area contributed by atoms with Crippen LogP contribution in [0.15, 0.2) is 60.7 Å². The fraction of sp³-hybridized carbons (Fsp3) is 0.581. The highest BCUT2D eigenvalue weighted by molar-refractivity contribution is 5.83. The van der Waals surface area contributed by atoms with E-state index >= 15 is 0 Å². The van der Waals surface area contributed by atoms with Crippen LogP contribution < -0.4 is 17.0 Å². The van der Waals surface area contributed by atoms with Crippen LogP contribution in [0.25, 0.3) is 0 Å². The highest BCUT2D eigenvalue weighted by atomic mass is 79.9. The Balaban J connectivity index is 0.00000304. The molecule has 1 aliphatic carbocycles. The van der Waals surface area contributed by atoms with Crippen molar-refractivity contribution in [3.8, 4) is 0 Å². The van der Waals surface area contributed by atoms with Crippen LogP contribution >= 0.6 is 0 Å². The smallest absolute Gasteiger partial charge is 0.317 e. The largest absolute Gasteiger partial charge is 1.00 e. The van der Waals surface area contributed by atoms with E-state index in [2.05, 4.69) is 54.6 Å². The molecule has 6 rings (SSSR count). The van der Waals surface area contributed by atoms with Crippen molar-refractivity contribution in [2.75, 3.05) is 39.4 Å². The molecule has 1 atom stereocenters. The number of halogens is 1. The summed E-state index contributed by atoms with van der Waals surface area (Å²) < 4.78 is 13.6. The van der Waals surface area contributed by atoms with Gasteiger partial charge in [-0.15, -0.1) is 0 Å². The molecule has 3 heterocycles. The molecule has 0 amide bonds. The Morgan fingerprint density at radius 1 is 0.861 bits per heavy atom. The van der Waals surface area contributed by atoms with Gasteiger partial charge in [0.25, 0.3) is 0 Å². The molecule has 2 aromatic carbocycles. The van der Waals surface area contributed by atoms with E-state index in [-0.39, 0.29) is 29.1 Å². The molecule has 0 spiro atoms. The second-order valence-corrected chi connectivity index (χ2v) is 11.2. The number of esters is 1. The molecule has 0 aromatic heterocycles. The van der Waals surface area contributed by atoms with Crippen LogP contribution in [0.5, 0.6) is 0 Å². The highest BCUT2D eigenvalue weighted by Crippen LogP contribution is 2.42. The van der Waals surface area contributed by atoms with Crippen molar-refractivity contribution < 1.29 is 35.7 Å². The summed E-state index contributed by atoms with van der Waals surface area (Å²) in [6, 6.07) is 21.0. The summed E-state index contributed by atoms with van der Waals surface area (Å²) in [5.41, 5.74) is 2.02. The molecule has 2 bridgehead atoms. The van der Waals surface area contributed by atoms with Crippen LogP contribution in [0, 0.1) is 5.92 Å². The summed E-state index contributed by atoms with van der Waals surface area (Å²) in [6.45, 7) is 5.94. The first-order valence-electron chi connectivity index (χ1n) is 13.9. The Morgan fingerprint density at radius 3 is 2.17 bits per heavy atom. The van der Waals surface area contributed by atoms with Crippen LogP contribution in [-0.2, 0) is 26.1 Å². The Kier molecular flexibility index (Phi) is 9.65. The molecule has 0 N–H and O–H groups in total. The molecule has 1 unspecified atom stereocenters. The number of piperidine rings is 3. The second kappa shape index (κ2) is 12.7. The molecule has 4 fully saturated rings. The molecule has 2 aromatic rings. The lowest BCUT2D eigenvalue weighted by atomic mass is 9.74. The predicted octanol–water partition coefficient (Wildman–Crippen LogP) is 2.69. The maximum Gasteiger partial charge on any atom is 0.317 e. The van der Waals surface area contributed by atoms with Crippen molar-refractivity contribution in [2.24, 2.45) is 5.92 Å². The minimum atomic E-state index is -0.463. The summed E-state index contributed by atoms with van der Waals surface area (Å²) in [4.78, 5) is 13.9. The molecule has 196 valence electrons. The summed E-state index contributed by atoms with van der Waals surface area (Å²) in [7, 11) is 0. The maximum absolute atomic E-state index is 13.9. The number of quaternary nitrogens is 1. The molecular weight excluding hydrogens is 514 g/mol. The minimum absolute atomic E-state index is 0. The quantitative estimate of drug-likeness (QED) is 0.206. The van der Waals surface area contributed by atoms with Crippen LogP contribution in [0.2, 0.25) is 0 Å². The predicted molar refractivity (Wildman–Crippen MR) is 139 cm³/mol. The second-order valence-electron chi connectivity index (χ2n) is 11.2. The van der Waals surface area contributed by atoms with Gasteiger partial charge in [0.15, 0.2) is 6.10 Å². The average molecular weight is 557 g/mol. The number of carbonyl (C=O) groups excluding carboxylic acids is 1. The zero-order valence-electron chi connectivity index (χ0n) is 21.6. The third-order valence-corrected chi connectivity index (χ3v) is 9.06. The summed E-state index contributed by atoms with van der Waals surface area (Å²) in [5.74, 6) is 0.568. The standard InChI is InChI=1S/C31H42NO3.BrH/c33-30(31(18-9-1-2-10-19-31)28-13-7-4-8-14-28)35-29-25-32(20-15-27(29)16-21-32)22-24-34-23-17-26-11-5-3-6-12-26;/h3-8,11-14,27,29H,1-2,9-10,15-25H2;1H/q+1;/p-1. The fourth-order valence-corrected chi connectivity index (χ4v) is 6.81. The van der Waals surface area contributed by atoms with Gasteiger partial charge in [-0.3, -0.25) is 4.79 Å². The Labute approximate surface area is 227 Å². The minimum Gasteiger partial charge on any atom is -1.00 e. The zero-order valence-corrected chi connectivity index (χ0v) is 23.2. The average Bonchev–Trinajstić information content (AvgIpc) is 3.18. The SMILES string of the molecule is O=C(OC1C[N+]2(CCOCCc3ccccc3)CCC1CC2)C1(c2ccccc2)CCCCCC1.[Br-]. The van der Waals surface area contributed by atoms with Gasteiger partial charge in [0.1, 0.15) is 13.1 Å². The number of ether oxygens (including phenoxy) is 2. The van der Waals surface area contributed by atoms with E-state index in [0.717, 1.165) is 68.5 Å². The van der Waals surface area contributed by atoms with Gasteiger partial charge in [-0.25, -0.2) is 0 Å². The molecule has 1 saturated carbocycles. The van der Waals surface area contributed by atoms with Crippen molar-refractivity contribution in [1.29, 1.82) is 0 Å². The number of rotatable bonds is 9. The number of hydrogen-bond acceptors (Lipinski definition) is 3. The monoisotopic (exact) mass is 555 g/mol. The third-order valence-electron chi connectivity index (χ3n) is 9.06. The molecule has 4 nitrogen and oxygen atoms in total. The van der Waals surface area contributed by atoms with Gasteiger partial charge in [0.2, 0.25) is 0 Å². The van der Waals surface area contributed by atoms with Gasteiger partial charge in [0, 0.05) is 18.8 Å². The fourth-order valence-electron chi connectivity index (χ4n) is 6.81. The Hall–Kier alpha value is -1.69. The lowest BCUT2D eigenvalue weighted by molar-refractivity contribution is -0.946. The first-order valence-corrected chi connectivity index (χ1v) is 13.9. The van der Waals surface area contributed by atoms with Crippen molar-refractivity contribution in [1.82, 2.24) is 0 Å². The third kappa shape index (κ3) is 6.23. The molecular formula is C31H42BrNO3. The van der Waals surface area contributed by atoms with E-state index in [9.17, 15) is 4.79 Å². The van der Waals surface area contributed by atoms with E-state index in [1.807, 2.05) is 6.07 Å². The Morgan fingerprint density at radius 2 is 1.50 bits per heavy atom. The summed E-state index contributed by atoms with van der Waals surface area (Å²) in [5, 5.41) is 0. The number of fused-ring (bicyclic) bond motifs is 3. The number of hydrogen-bond donors (Lipinski definition) is 0. The van der Waals surface area contributed by atoms with Crippen LogP contribution in [-0.4, -0.2) is 55.9 Å². The maximum atomic E-state index is 13.9. The molecule has 5 heteroatoms. The van der Waals surface area contributed by atoms with Crippen LogP contribution in [0.3, 0.4) is 0 Å². The van der Waals surface area contributed by atoms with Crippen molar-refractivity contribution in [3.05, 3.63) is 71.8 Å². The molecule has 36 heavy (non-hydrogen) atoms. The normalized spacial score (nSPS) is 27.0. The van der Waals surface area contributed by atoms with Crippen LogP contribution in [0.4, 0.5) is 0 Å². The Bertz CT molecular complexity index is 935. The lowest BCUT2D eigenvalue weighted by Gasteiger charge is -2.52. The van der Waals surface area contributed by atoms with Crippen molar-refractivity contribution in [3.63, 3.8) is 0 Å². The number of benzene rings is 2. The summed E-state index contributed by atoms with van der Waals surface area (Å²) >= 11 is 0. The zero-order chi connectivity index (χ0) is 24.0. The molecule has 0 radical (unpaired) electrons. The van der Waals surface area contributed by atoms with E-state index in [4.69, 9.17) is 9.47 Å². The van der Waals surface area contributed by atoms with Crippen molar-refractivity contribution in [2.45, 2.75) is 69.3 Å². The van der Waals surface area contributed by atoms with E-state index in [0.29, 0.717) is 5.92 Å². The van der Waals surface area contributed by atoms with E-state index in [1.165, 1.54) is 44.3 Å². The van der Waals surface area contributed by atoms with Gasteiger partial charge in [-0.1, -0.05) is 86.3 Å². The molecule has 3 saturated heterocycles. The topological polar surface area (TPSA) is 35.5 Å². The first-order chi connectivity index (χ1) is 17.2. The van der Waals surface area contributed by atoms with Crippen molar-refractivity contribution >= 4 is 5.97 Å². The highest BCUT2D eigenvalue weighted by Gasteiger charge is 2.50. The number of carbonyl (C=O) groups is 1.